The van der Waals surface area contributed by atoms with Crippen LogP contribution < -0.4 is 5.32 Å². The highest BCUT2D eigenvalue weighted by Crippen LogP contribution is 2.08. The Morgan fingerprint density at radius 2 is 2.00 bits per heavy atom. The van der Waals surface area contributed by atoms with Gasteiger partial charge in [0.1, 0.15) is 0 Å². The minimum Gasteiger partial charge on any atom is -0.227 e. The van der Waals surface area contributed by atoms with Gasteiger partial charge in [-0.3, -0.25) is 0 Å². The van der Waals surface area contributed by atoms with Crippen LogP contribution >= 0.6 is 20.7 Å². The number of alkyl halides is 4. The molecule has 5 heteroatoms. The van der Waals surface area contributed by atoms with Crippen LogP contribution in [0.2, 0.25) is 0 Å². The molecule has 0 saturated heterocycles. The van der Waals surface area contributed by atoms with Crippen molar-refractivity contribution in [2.24, 2.45) is 0 Å². The zero-order valence-corrected chi connectivity index (χ0v) is 6.79. The fraction of sp³-hybridized carbons (Fsp3) is 0.750. The molecular formula is C4H7F3IN. The van der Waals surface area contributed by atoms with E-state index in [1.165, 1.54) is 5.32 Å². The smallest absolute Gasteiger partial charge is 0.227 e. The summed E-state index contributed by atoms with van der Waals surface area (Å²) in [5.74, 6) is 0. The number of hydrogen-bond acceptors (Lipinski definition) is 1. The van der Waals surface area contributed by atoms with Gasteiger partial charge in [0.2, 0.25) is 0 Å². The molecule has 0 unspecified atom stereocenters. The van der Waals surface area contributed by atoms with E-state index in [-0.39, 0.29) is 27.3 Å². The maximum atomic E-state index is 11.3. The molecule has 0 aromatic heterocycles. The van der Waals surface area contributed by atoms with E-state index in [1.54, 1.807) is 0 Å². The zero-order chi connectivity index (χ0) is 7.33. The Balaban J connectivity index is 3.17. The van der Waals surface area contributed by atoms with Crippen LogP contribution in [0.4, 0.5) is 13.2 Å². The summed E-state index contributed by atoms with van der Waals surface area (Å²) in [7, 11) is 0. The summed E-state index contributed by atoms with van der Waals surface area (Å²) in [5.41, 5.74) is 0. The lowest BCUT2D eigenvalue weighted by molar-refractivity contribution is -0.155. The Bertz CT molecular complexity index is 90.3. The van der Waals surface area contributed by atoms with Gasteiger partial charge in [0.15, 0.2) is 0 Å². The fourth-order valence-corrected chi connectivity index (χ4v) is 0.907. The molecule has 0 fully saturated rings. The van der Waals surface area contributed by atoms with E-state index in [1.807, 2.05) is 0 Å². The van der Waals surface area contributed by atoms with Crippen molar-refractivity contribution in [2.45, 2.75) is 6.30 Å². The average molecular weight is 253 g/mol. The van der Waals surface area contributed by atoms with Crippen LogP contribution in [-0.4, -0.2) is 21.8 Å². The normalized spacial score (nSPS) is 11.9. The number of hydrogen-bond donors (Lipinski definition) is 1. The largest absolute Gasteiger partial charge is 0.457 e. The standard InChI is InChI=1S/C4H7F3IN/c1-8-2-3-9-4(5,6)7/h9H,1-3H2. The summed E-state index contributed by atoms with van der Waals surface area (Å²) >= 11 is -0.260. The Labute approximate surface area is 61.4 Å². The molecule has 0 saturated carbocycles. The first-order chi connectivity index (χ1) is 4.06. The van der Waals surface area contributed by atoms with Crippen LogP contribution in [0.1, 0.15) is 0 Å². The number of nitrogens with one attached hydrogen (secondary N) is 1. The molecule has 0 rings (SSSR count). The van der Waals surface area contributed by atoms with Gasteiger partial charge in [0.25, 0.3) is 0 Å². The van der Waals surface area contributed by atoms with E-state index in [9.17, 15) is 13.2 Å². The molecule has 0 bridgehead atoms. The van der Waals surface area contributed by atoms with Crippen molar-refractivity contribution in [1.82, 2.24) is 5.32 Å². The number of rotatable bonds is 3. The minimum atomic E-state index is -4.21. The molecule has 0 aliphatic heterocycles. The summed E-state index contributed by atoms with van der Waals surface area (Å²) < 4.78 is 37.9. The van der Waals surface area contributed by atoms with Crippen LogP contribution in [0.5, 0.6) is 0 Å². The SMILES string of the molecule is C=ICCNC(F)(F)F. The highest BCUT2D eigenvalue weighted by atomic mass is 127. The first-order valence-electron chi connectivity index (χ1n) is 2.21. The summed E-state index contributed by atoms with van der Waals surface area (Å²) in [5, 5.41) is 1.41. The van der Waals surface area contributed by atoms with Crippen molar-refractivity contribution >= 4 is 25.2 Å². The summed E-state index contributed by atoms with van der Waals surface area (Å²) in [6, 6.07) is 0. The van der Waals surface area contributed by atoms with Crippen molar-refractivity contribution in [1.29, 1.82) is 0 Å². The van der Waals surface area contributed by atoms with E-state index in [0.29, 0.717) is 4.43 Å². The molecule has 1 nitrogen and oxygen atoms in total. The van der Waals surface area contributed by atoms with Crippen LogP contribution in [0.3, 0.4) is 0 Å². The third kappa shape index (κ3) is 8.35. The molecule has 9 heavy (non-hydrogen) atoms. The Hall–Kier alpha value is 0.350. The van der Waals surface area contributed by atoms with Gasteiger partial charge >= 0.3 is 6.30 Å². The predicted octanol–water partition coefficient (Wildman–Crippen LogP) is 1.50. The molecule has 0 aliphatic carbocycles. The molecule has 0 spiro atoms. The van der Waals surface area contributed by atoms with E-state index in [0.717, 1.165) is 0 Å². The molecule has 0 atom stereocenters. The van der Waals surface area contributed by atoms with E-state index in [2.05, 4.69) is 4.51 Å². The molecule has 0 amide bonds. The molecule has 0 radical (unpaired) electrons. The Morgan fingerprint density at radius 3 is 2.33 bits per heavy atom. The van der Waals surface area contributed by atoms with E-state index < -0.39 is 6.30 Å². The van der Waals surface area contributed by atoms with Gasteiger partial charge in [-0.25, -0.2) is 5.32 Å². The van der Waals surface area contributed by atoms with E-state index >= 15 is 0 Å². The highest BCUT2D eigenvalue weighted by Gasteiger charge is 2.25. The fourth-order valence-electron chi connectivity index (χ4n) is 0.256. The topological polar surface area (TPSA) is 12.0 Å². The maximum absolute atomic E-state index is 11.3. The molecular weight excluding hydrogens is 246 g/mol. The van der Waals surface area contributed by atoms with Crippen molar-refractivity contribution < 1.29 is 13.2 Å². The summed E-state index contributed by atoms with van der Waals surface area (Å²) in [4.78, 5) is 0. The lowest BCUT2D eigenvalue weighted by Gasteiger charge is -2.05. The predicted molar refractivity (Wildman–Crippen MR) is 40.1 cm³/mol. The van der Waals surface area contributed by atoms with Gasteiger partial charge in [-0.2, -0.15) is 13.2 Å². The first-order valence-corrected chi connectivity index (χ1v) is 5.26. The van der Waals surface area contributed by atoms with Gasteiger partial charge in [-0.05, 0) is 0 Å². The molecule has 1 N–H and O–H groups in total. The third-order valence-corrected chi connectivity index (χ3v) is 1.86. The average Bonchev–Trinajstić information content (AvgIpc) is 1.63. The van der Waals surface area contributed by atoms with Crippen LogP contribution in [-0.2, 0) is 0 Å². The van der Waals surface area contributed by atoms with Crippen molar-refractivity contribution in [3.05, 3.63) is 0 Å². The van der Waals surface area contributed by atoms with Crippen LogP contribution in [0.15, 0.2) is 0 Å². The highest BCUT2D eigenvalue weighted by molar-refractivity contribution is 14.2. The molecule has 0 heterocycles. The zero-order valence-electron chi connectivity index (χ0n) is 4.63. The summed E-state index contributed by atoms with van der Waals surface area (Å²) in [6.45, 7) is 0.0142. The van der Waals surface area contributed by atoms with Gasteiger partial charge in [0, 0.05) is 11.0 Å². The minimum absolute atomic E-state index is 0.0142. The monoisotopic (exact) mass is 253 g/mol. The number of halogens is 4. The second-order valence-corrected chi connectivity index (χ2v) is 3.46. The van der Waals surface area contributed by atoms with Crippen molar-refractivity contribution in [3.63, 3.8) is 0 Å². The van der Waals surface area contributed by atoms with Gasteiger partial charge in [0.05, 0.1) is 0 Å². The van der Waals surface area contributed by atoms with E-state index in [4.69, 9.17) is 0 Å². The molecule has 0 aliphatic rings. The molecule has 0 aromatic rings. The Morgan fingerprint density at radius 1 is 1.44 bits per heavy atom. The lowest BCUT2D eigenvalue weighted by Crippen LogP contribution is -2.32. The molecule has 0 aromatic carbocycles. The van der Waals surface area contributed by atoms with Gasteiger partial charge in [-0.15, -0.1) is 20.7 Å². The third-order valence-electron chi connectivity index (χ3n) is 0.554. The maximum Gasteiger partial charge on any atom is 0.457 e. The van der Waals surface area contributed by atoms with Gasteiger partial charge in [-0.1, -0.05) is 4.51 Å². The van der Waals surface area contributed by atoms with Crippen molar-refractivity contribution in [2.75, 3.05) is 11.0 Å². The Kier molecular flexibility index (Phi) is 4.37. The first kappa shape index (κ1) is 9.35. The van der Waals surface area contributed by atoms with Crippen LogP contribution in [0, 0.1) is 0 Å². The second kappa shape index (κ2) is 4.21. The lowest BCUT2D eigenvalue weighted by atomic mass is 10.7. The summed E-state index contributed by atoms with van der Waals surface area (Å²) in [6.07, 6.45) is -4.21. The van der Waals surface area contributed by atoms with Gasteiger partial charge < -0.3 is 0 Å². The quantitative estimate of drug-likeness (QED) is 0.348. The second-order valence-electron chi connectivity index (χ2n) is 1.30. The van der Waals surface area contributed by atoms with Crippen LogP contribution in [0.25, 0.3) is 0 Å². The molecule has 56 valence electrons. The van der Waals surface area contributed by atoms with Crippen molar-refractivity contribution in [3.8, 4) is 0 Å².